The van der Waals surface area contributed by atoms with E-state index in [9.17, 15) is 4.79 Å². The molecule has 8 heteroatoms. The molecule has 0 aliphatic carbocycles. The first-order valence-corrected chi connectivity index (χ1v) is 9.37. The smallest absolute Gasteiger partial charge is 0.226 e. The third kappa shape index (κ3) is 3.27. The molecule has 1 aliphatic rings. The number of methoxy groups -OCH3 is 3. The Labute approximate surface area is 173 Å². The third-order valence-electron chi connectivity index (χ3n) is 4.99. The number of nitrogens with zero attached hydrogens (tertiary/aromatic N) is 2. The van der Waals surface area contributed by atoms with Gasteiger partial charge in [-0.3, -0.25) is 9.36 Å². The van der Waals surface area contributed by atoms with Crippen LogP contribution >= 0.6 is 11.6 Å². The topological polar surface area (TPSA) is 74.6 Å². The lowest BCUT2D eigenvalue weighted by molar-refractivity contribution is -0.116. The summed E-state index contributed by atoms with van der Waals surface area (Å²) in [6, 6.07) is 11.0. The summed E-state index contributed by atoms with van der Waals surface area (Å²) in [5.41, 5.74) is 2.41. The predicted molar refractivity (Wildman–Crippen MR) is 110 cm³/mol. The molecule has 0 bridgehead atoms. The molecule has 1 aliphatic heterocycles. The van der Waals surface area contributed by atoms with Gasteiger partial charge in [0.05, 0.1) is 27.0 Å². The lowest BCUT2D eigenvalue weighted by atomic mass is 9.88. The second-order valence-electron chi connectivity index (χ2n) is 6.55. The van der Waals surface area contributed by atoms with E-state index in [0.717, 1.165) is 16.9 Å². The molecule has 2 aromatic carbocycles. The average molecular weight is 414 g/mol. The minimum atomic E-state index is -0.290. The van der Waals surface area contributed by atoms with Crippen molar-refractivity contribution in [3.63, 3.8) is 0 Å². The predicted octanol–water partition coefficient (Wildman–Crippen LogP) is 4.03. The van der Waals surface area contributed by atoms with E-state index in [1.807, 2.05) is 22.8 Å². The fourth-order valence-corrected chi connectivity index (χ4v) is 3.79. The number of hydrogen-bond donors (Lipinski definition) is 1. The van der Waals surface area contributed by atoms with Crippen molar-refractivity contribution < 1.29 is 19.0 Å². The number of hydrogen-bond acceptors (Lipinski definition) is 5. The highest BCUT2D eigenvalue weighted by Crippen LogP contribution is 2.47. The largest absolute Gasteiger partial charge is 0.493 e. The lowest BCUT2D eigenvalue weighted by Gasteiger charge is -2.25. The minimum Gasteiger partial charge on any atom is -0.493 e. The normalized spacial score (nSPS) is 15.4. The summed E-state index contributed by atoms with van der Waals surface area (Å²) >= 11 is 6.00. The van der Waals surface area contributed by atoms with Crippen molar-refractivity contribution in [3.8, 4) is 22.9 Å². The van der Waals surface area contributed by atoms with Gasteiger partial charge < -0.3 is 19.5 Å². The number of halogens is 1. The Morgan fingerprint density at radius 3 is 2.41 bits per heavy atom. The molecule has 3 aromatic rings. The van der Waals surface area contributed by atoms with E-state index in [1.54, 1.807) is 45.9 Å². The van der Waals surface area contributed by atoms with Crippen LogP contribution in [0.3, 0.4) is 0 Å². The summed E-state index contributed by atoms with van der Waals surface area (Å²) in [6.07, 6.45) is 1.94. The molecule has 0 unspecified atom stereocenters. The Kier molecular flexibility index (Phi) is 5.07. The number of ether oxygens (including phenoxy) is 3. The number of imidazole rings is 1. The lowest BCUT2D eigenvalue weighted by Crippen LogP contribution is -2.25. The van der Waals surface area contributed by atoms with Crippen LogP contribution in [0.25, 0.3) is 5.69 Å². The van der Waals surface area contributed by atoms with Gasteiger partial charge in [-0.05, 0) is 30.3 Å². The van der Waals surface area contributed by atoms with Crippen LogP contribution in [0, 0.1) is 0 Å². The Hall–Kier alpha value is -3.19. The van der Waals surface area contributed by atoms with Crippen molar-refractivity contribution in [3.05, 3.63) is 59.0 Å². The molecule has 0 fully saturated rings. The van der Waals surface area contributed by atoms with Crippen molar-refractivity contribution >= 4 is 23.3 Å². The minimum absolute atomic E-state index is 0.102. The molecule has 4 rings (SSSR count). The second kappa shape index (κ2) is 7.67. The van der Waals surface area contributed by atoms with Crippen LogP contribution in [-0.2, 0) is 4.79 Å². The maximum atomic E-state index is 12.6. The van der Waals surface area contributed by atoms with Gasteiger partial charge in [0.2, 0.25) is 11.7 Å². The molecule has 0 radical (unpaired) electrons. The first kappa shape index (κ1) is 19.1. The monoisotopic (exact) mass is 413 g/mol. The number of nitrogens with one attached hydrogen (secondary N) is 1. The summed E-state index contributed by atoms with van der Waals surface area (Å²) < 4.78 is 18.3. The van der Waals surface area contributed by atoms with Gasteiger partial charge >= 0.3 is 0 Å². The first-order valence-electron chi connectivity index (χ1n) is 8.99. The summed E-state index contributed by atoms with van der Waals surface area (Å²) in [5, 5.41) is 3.58. The molecule has 1 amide bonds. The highest BCUT2D eigenvalue weighted by molar-refractivity contribution is 6.30. The van der Waals surface area contributed by atoms with Crippen LogP contribution in [0.4, 0.5) is 5.82 Å². The maximum Gasteiger partial charge on any atom is 0.226 e. The van der Waals surface area contributed by atoms with Gasteiger partial charge in [0.1, 0.15) is 12.1 Å². The number of aromatic nitrogens is 2. The van der Waals surface area contributed by atoms with Gasteiger partial charge in [-0.15, -0.1) is 0 Å². The number of amides is 1. The number of carbonyl (C=O) groups excluding carboxylic acids is 1. The molecule has 0 saturated heterocycles. The molecule has 1 N–H and O–H groups in total. The zero-order valence-corrected chi connectivity index (χ0v) is 17.0. The van der Waals surface area contributed by atoms with E-state index >= 15 is 0 Å². The van der Waals surface area contributed by atoms with Gasteiger partial charge in [-0.25, -0.2) is 4.98 Å². The molecular formula is C21H20ClN3O4. The summed E-state index contributed by atoms with van der Waals surface area (Å²) in [6.45, 7) is 0. The zero-order chi connectivity index (χ0) is 20.5. The summed E-state index contributed by atoms with van der Waals surface area (Å²) in [5.74, 6) is 1.80. The van der Waals surface area contributed by atoms with E-state index in [1.165, 1.54) is 0 Å². The Morgan fingerprint density at radius 1 is 1.03 bits per heavy atom. The van der Waals surface area contributed by atoms with E-state index in [2.05, 4.69) is 10.3 Å². The Morgan fingerprint density at radius 2 is 1.76 bits per heavy atom. The van der Waals surface area contributed by atoms with Crippen molar-refractivity contribution in [1.29, 1.82) is 0 Å². The van der Waals surface area contributed by atoms with Gasteiger partial charge in [0, 0.05) is 28.6 Å². The van der Waals surface area contributed by atoms with E-state index < -0.39 is 0 Å². The van der Waals surface area contributed by atoms with Crippen LogP contribution in [0.2, 0.25) is 5.02 Å². The van der Waals surface area contributed by atoms with Gasteiger partial charge in [0.25, 0.3) is 0 Å². The number of rotatable bonds is 5. The molecule has 0 spiro atoms. The zero-order valence-electron chi connectivity index (χ0n) is 16.2. The van der Waals surface area contributed by atoms with Crippen LogP contribution in [0.5, 0.6) is 17.2 Å². The number of benzene rings is 2. The van der Waals surface area contributed by atoms with E-state index in [4.69, 9.17) is 25.8 Å². The third-order valence-corrected chi connectivity index (χ3v) is 5.24. The van der Waals surface area contributed by atoms with Crippen molar-refractivity contribution in [2.45, 2.75) is 12.3 Å². The number of fused-ring (bicyclic) bond motifs is 1. The van der Waals surface area contributed by atoms with Crippen molar-refractivity contribution in [2.75, 3.05) is 26.6 Å². The van der Waals surface area contributed by atoms with Crippen LogP contribution in [0.1, 0.15) is 23.6 Å². The second-order valence-corrected chi connectivity index (χ2v) is 6.99. The van der Waals surface area contributed by atoms with Crippen molar-refractivity contribution in [2.24, 2.45) is 0 Å². The SMILES string of the molecule is COc1ccc([C@@H]2CC(=O)Nc3c2ncn3-c2ccc(Cl)cc2)c(OC)c1OC. The van der Waals surface area contributed by atoms with Crippen molar-refractivity contribution in [1.82, 2.24) is 9.55 Å². The fourth-order valence-electron chi connectivity index (χ4n) is 3.66. The van der Waals surface area contributed by atoms with Crippen LogP contribution in [0.15, 0.2) is 42.7 Å². The average Bonchev–Trinajstić information content (AvgIpc) is 3.16. The van der Waals surface area contributed by atoms with Gasteiger partial charge in [0.15, 0.2) is 11.5 Å². The van der Waals surface area contributed by atoms with Gasteiger partial charge in [-0.1, -0.05) is 17.7 Å². The highest BCUT2D eigenvalue weighted by atomic mass is 35.5. The molecular weight excluding hydrogens is 394 g/mol. The van der Waals surface area contributed by atoms with E-state index in [-0.39, 0.29) is 18.2 Å². The first-order chi connectivity index (χ1) is 14.1. The standard InChI is InChI=1S/C21H20ClN3O4/c1-27-16-9-8-14(19(28-2)20(16)29-3)15-10-17(26)24-21-18(15)23-11-25(21)13-6-4-12(22)5-7-13/h4-9,11,15H,10H2,1-3H3,(H,24,26)/t15-/m0/s1. The molecule has 29 heavy (non-hydrogen) atoms. The quantitative estimate of drug-likeness (QED) is 0.683. The van der Waals surface area contributed by atoms with Crippen LogP contribution < -0.4 is 19.5 Å². The maximum absolute atomic E-state index is 12.6. The fraction of sp³-hybridized carbons (Fsp3) is 0.238. The Balaban J connectivity index is 1.85. The molecule has 0 saturated carbocycles. The van der Waals surface area contributed by atoms with Crippen LogP contribution in [-0.4, -0.2) is 36.8 Å². The molecule has 1 atom stereocenters. The Bertz CT molecular complexity index is 1060. The van der Waals surface area contributed by atoms with E-state index in [0.29, 0.717) is 28.1 Å². The molecule has 150 valence electrons. The molecule has 2 heterocycles. The number of carbonyl (C=O) groups is 1. The highest BCUT2D eigenvalue weighted by Gasteiger charge is 2.34. The summed E-state index contributed by atoms with van der Waals surface area (Å²) in [4.78, 5) is 17.2. The molecule has 7 nitrogen and oxygen atoms in total. The molecule has 1 aromatic heterocycles. The summed E-state index contributed by atoms with van der Waals surface area (Å²) in [7, 11) is 4.69. The van der Waals surface area contributed by atoms with Gasteiger partial charge in [-0.2, -0.15) is 0 Å². The number of anilines is 1.